The highest BCUT2D eigenvalue weighted by molar-refractivity contribution is 6.42. The van der Waals surface area contributed by atoms with Crippen molar-refractivity contribution < 1.29 is 26.3 Å². The van der Waals surface area contributed by atoms with Crippen LogP contribution in [0.15, 0.2) is 206 Å². The van der Waals surface area contributed by atoms with E-state index in [-0.39, 0.29) is 0 Å². The maximum atomic E-state index is 14.0. The normalized spacial score (nSPS) is 12.9. The Labute approximate surface area is 408 Å². The molecule has 2 aliphatic rings. The van der Waals surface area contributed by atoms with Crippen molar-refractivity contribution in [1.82, 2.24) is 0 Å². The van der Waals surface area contributed by atoms with Crippen molar-refractivity contribution >= 4 is 64.6 Å². The molecule has 0 atom stereocenters. The molecule has 0 saturated heterocycles. The van der Waals surface area contributed by atoms with Crippen LogP contribution >= 0.6 is 0 Å². The van der Waals surface area contributed by atoms with E-state index in [1.807, 2.05) is 60.7 Å². The number of rotatable bonds is 4. The Hall–Kier alpha value is -8.74. The van der Waals surface area contributed by atoms with E-state index in [1.165, 1.54) is 24.3 Å². The lowest BCUT2D eigenvalue weighted by molar-refractivity contribution is -0.138. The molecule has 72 heavy (non-hydrogen) atoms. The molecule has 0 unspecified atom stereocenters. The van der Waals surface area contributed by atoms with E-state index in [9.17, 15) is 26.3 Å². The van der Waals surface area contributed by atoms with Crippen LogP contribution in [0, 0.1) is 0 Å². The Kier molecular flexibility index (Phi) is 8.23. The number of fused-ring (bicyclic) bond motifs is 10. The molecule has 0 heterocycles. The second-order valence-electron chi connectivity index (χ2n) is 19.1. The van der Waals surface area contributed by atoms with Crippen molar-refractivity contribution in [2.24, 2.45) is 0 Å². The van der Waals surface area contributed by atoms with E-state index in [1.54, 1.807) is 24.3 Å². The van der Waals surface area contributed by atoms with Gasteiger partial charge in [0.1, 0.15) is 0 Å². The topological polar surface area (TPSA) is 0 Å². The van der Waals surface area contributed by atoms with Gasteiger partial charge in [-0.2, -0.15) is 26.3 Å². The van der Waals surface area contributed by atoms with Crippen LogP contribution in [-0.4, -0.2) is 0 Å². The van der Waals surface area contributed by atoms with Crippen molar-refractivity contribution in [3.8, 4) is 89.0 Å². The van der Waals surface area contributed by atoms with Crippen LogP contribution in [0.3, 0.4) is 0 Å². The summed E-state index contributed by atoms with van der Waals surface area (Å²) < 4.78 is 84.2. The maximum absolute atomic E-state index is 14.0. The fourth-order valence-corrected chi connectivity index (χ4v) is 12.7. The van der Waals surface area contributed by atoms with Crippen LogP contribution in [0.4, 0.5) is 26.3 Å². The second kappa shape index (κ2) is 14.4. The highest BCUT2D eigenvalue weighted by Crippen LogP contribution is 2.63. The zero-order valence-corrected chi connectivity index (χ0v) is 37.9. The largest absolute Gasteiger partial charge is 0.416 e. The molecule has 0 fully saturated rings. The van der Waals surface area contributed by atoms with Gasteiger partial charge in [-0.1, -0.05) is 182 Å². The third kappa shape index (κ3) is 5.49. The minimum Gasteiger partial charge on any atom is -0.166 e. The highest BCUT2D eigenvalue weighted by Gasteiger charge is 2.37. The summed E-state index contributed by atoms with van der Waals surface area (Å²) in [4.78, 5) is 0. The summed E-state index contributed by atoms with van der Waals surface area (Å²) in [7, 11) is 0. The summed E-state index contributed by atoms with van der Waals surface area (Å²) in [6, 6.07) is 66.1. The Balaban J connectivity index is 1.05. The lowest BCUT2D eigenvalue weighted by Crippen LogP contribution is -2.04. The lowest BCUT2D eigenvalue weighted by atomic mass is 9.82. The van der Waals surface area contributed by atoms with E-state index in [2.05, 4.69) is 97.1 Å². The third-order valence-corrected chi connectivity index (χ3v) is 15.5. The van der Waals surface area contributed by atoms with Gasteiger partial charge in [0, 0.05) is 0 Å². The van der Waals surface area contributed by atoms with Gasteiger partial charge in [-0.25, -0.2) is 0 Å². The zero-order chi connectivity index (χ0) is 48.4. The first kappa shape index (κ1) is 41.1. The summed E-state index contributed by atoms with van der Waals surface area (Å²) in [5.74, 6) is 0. The van der Waals surface area contributed by atoms with Gasteiger partial charge in [0.2, 0.25) is 0 Å². The first-order valence-corrected chi connectivity index (χ1v) is 23.9. The van der Waals surface area contributed by atoms with E-state index < -0.39 is 23.5 Å². The number of hydrogen-bond donors (Lipinski definition) is 0. The van der Waals surface area contributed by atoms with Crippen LogP contribution in [-0.2, 0) is 12.4 Å². The molecule has 0 aliphatic heterocycles. The van der Waals surface area contributed by atoms with Crippen molar-refractivity contribution in [3.05, 3.63) is 217 Å². The molecule has 0 amide bonds. The summed E-state index contributed by atoms with van der Waals surface area (Å²) in [6.07, 6.45) is -8.95. The Bertz CT molecular complexity index is 4160. The first-order chi connectivity index (χ1) is 35.0. The molecule has 13 aromatic rings. The molecular formula is C66H34F6. The average molecular weight is 941 g/mol. The minimum absolute atomic E-state index is 0.693. The molecule has 0 N–H and O–H groups in total. The Morgan fingerprint density at radius 3 is 0.708 bits per heavy atom. The van der Waals surface area contributed by atoms with Crippen LogP contribution in [0.2, 0.25) is 0 Å². The molecule has 0 radical (unpaired) electrons. The van der Waals surface area contributed by atoms with E-state index >= 15 is 0 Å². The first-order valence-electron chi connectivity index (χ1n) is 23.9. The van der Waals surface area contributed by atoms with Gasteiger partial charge in [0.25, 0.3) is 0 Å². The summed E-state index contributed by atoms with van der Waals surface area (Å²) in [5.41, 5.74) is 14.4. The van der Waals surface area contributed by atoms with Gasteiger partial charge in [-0.15, -0.1) is 0 Å². The average Bonchev–Trinajstić information content (AvgIpc) is 3.92. The highest BCUT2D eigenvalue weighted by atomic mass is 19.4. The fraction of sp³-hybridized carbons (Fsp3) is 0.0303. The van der Waals surface area contributed by atoms with Gasteiger partial charge >= 0.3 is 12.4 Å². The maximum Gasteiger partial charge on any atom is 0.416 e. The van der Waals surface area contributed by atoms with E-state index in [0.29, 0.717) is 11.1 Å². The molecule has 15 rings (SSSR count). The Morgan fingerprint density at radius 1 is 0.194 bits per heavy atom. The molecule has 2 aliphatic carbocycles. The van der Waals surface area contributed by atoms with E-state index in [4.69, 9.17) is 0 Å². The molecule has 0 bridgehead atoms. The quantitative estimate of drug-likeness (QED) is 0.0937. The van der Waals surface area contributed by atoms with Gasteiger partial charge in [0.05, 0.1) is 11.1 Å². The SMILES string of the molecule is FC(F)(F)c1ccc(-c2c3c(c(-c4ccccc4)c4ccccc24)-c2ccc4c5ccc6c7c(ccc(c8ccc-3c2c48)c75)-c2c-6c(-c3ccccc3)c3ccccc3c2-c2ccc(C(F)(F)F)cc2)cc1. The number of benzene rings is 13. The van der Waals surface area contributed by atoms with Crippen LogP contribution in [0.1, 0.15) is 11.1 Å². The van der Waals surface area contributed by atoms with Crippen molar-refractivity contribution in [3.63, 3.8) is 0 Å². The Morgan fingerprint density at radius 2 is 0.444 bits per heavy atom. The lowest BCUT2D eigenvalue weighted by Gasteiger charge is -2.20. The predicted octanol–water partition coefficient (Wildman–Crippen LogP) is 20.0. The van der Waals surface area contributed by atoms with Crippen molar-refractivity contribution in [2.75, 3.05) is 0 Å². The summed E-state index contributed by atoms with van der Waals surface area (Å²) >= 11 is 0. The summed E-state index contributed by atoms with van der Waals surface area (Å²) in [5, 5.41) is 12.7. The molecule has 0 saturated carbocycles. The molecule has 0 aromatic heterocycles. The minimum atomic E-state index is -4.47. The van der Waals surface area contributed by atoms with Gasteiger partial charge in [-0.3, -0.25) is 0 Å². The molecule has 340 valence electrons. The molecule has 13 aromatic carbocycles. The molecule has 6 heteroatoms. The fourth-order valence-electron chi connectivity index (χ4n) is 12.7. The standard InChI is InChI=1S/C66H34F6/c67-65(68,69)39-23-19-37(20-24-39)55-43-17-9-7-15-41(43)53(35-11-3-1-4-12-35)61-49-31-27-45-46-28-32-50-60-52(34-30-48(58(46)60)47-29-33-51(63(55)61)59(49)57(45)47)64-56(38-21-25-40(26-22-38)66(70,71)72)44-18-10-8-16-42(44)54(62(50)64)36-13-5-2-6-14-36/h1-34H. The zero-order valence-electron chi connectivity index (χ0n) is 37.9. The van der Waals surface area contributed by atoms with Crippen molar-refractivity contribution in [1.29, 1.82) is 0 Å². The molecule has 0 nitrogen and oxygen atoms in total. The number of halogens is 6. The van der Waals surface area contributed by atoms with Crippen molar-refractivity contribution in [2.45, 2.75) is 12.4 Å². The molecular weight excluding hydrogens is 907 g/mol. The summed E-state index contributed by atoms with van der Waals surface area (Å²) in [6.45, 7) is 0. The van der Waals surface area contributed by atoms with Crippen LogP contribution in [0.25, 0.3) is 154 Å². The van der Waals surface area contributed by atoms with Gasteiger partial charge < -0.3 is 0 Å². The van der Waals surface area contributed by atoms with Gasteiger partial charge in [0.15, 0.2) is 0 Å². The van der Waals surface area contributed by atoms with E-state index in [0.717, 1.165) is 143 Å². The monoisotopic (exact) mass is 940 g/mol. The van der Waals surface area contributed by atoms with Gasteiger partial charge in [-0.05, 0) is 178 Å². The van der Waals surface area contributed by atoms with Crippen LogP contribution in [0.5, 0.6) is 0 Å². The predicted molar refractivity (Wildman–Crippen MR) is 283 cm³/mol. The molecule has 0 spiro atoms. The second-order valence-corrected chi connectivity index (χ2v) is 19.1. The number of alkyl halides is 6. The third-order valence-electron chi connectivity index (χ3n) is 15.5. The van der Waals surface area contributed by atoms with Crippen LogP contribution < -0.4 is 0 Å². The smallest absolute Gasteiger partial charge is 0.166 e. The number of hydrogen-bond acceptors (Lipinski definition) is 0.